The second-order valence-corrected chi connectivity index (χ2v) is 8.24. The number of aliphatic imine (C=N–C) groups is 1. The second-order valence-electron chi connectivity index (χ2n) is 8.24. The molecule has 2 rings (SSSR count). The van der Waals surface area contributed by atoms with Crippen molar-refractivity contribution in [3.05, 3.63) is 0 Å². The van der Waals surface area contributed by atoms with Crippen molar-refractivity contribution >= 4 is 5.96 Å². The molecule has 0 aromatic carbocycles. The molecule has 0 bridgehead atoms. The van der Waals surface area contributed by atoms with E-state index in [1.54, 1.807) is 0 Å². The van der Waals surface area contributed by atoms with Crippen molar-refractivity contribution in [3.63, 3.8) is 0 Å². The predicted molar refractivity (Wildman–Crippen MR) is 108 cm³/mol. The summed E-state index contributed by atoms with van der Waals surface area (Å²) in [6, 6.07) is 0. The lowest BCUT2D eigenvalue weighted by molar-refractivity contribution is 0.0168. The van der Waals surface area contributed by atoms with Crippen LogP contribution in [0, 0.1) is 5.92 Å². The average Bonchev–Trinajstić information content (AvgIpc) is 3.13. The van der Waals surface area contributed by atoms with Gasteiger partial charge in [-0.25, -0.2) is 0 Å². The molecular weight excluding hydrogens is 328 g/mol. The van der Waals surface area contributed by atoms with Gasteiger partial charge in [-0.15, -0.1) is 0 Å². The number of nitrogens with zero attached hydrogens (tertiary/aromatic N) is 2. The lowest BCUT2D eigenvalue weighted by Crippen LogP contribution is -2.56. The maximum atomic E-state index is 5.72. The summed E-state index contributed by atoms with van der Waals surface area (Å²) in [4.78, 5) is 6.78. The minimum absolute atomic E-state index is 0.236. The molecule has 1 heterocycles. The Morgan fingerprint density at radius 3 is 2.77 bits per heavy atom. The van der Waals surface area contributed by atoms with Gasteiger partial charge in [-0.3, -0.25) is 4.99 Å². The number of hydrogen-bond donors (Lipinski definition) is 2. The quantitative estimate of drug-likeness (QED) is 0.371. The van der Waals surface area contributed by atoms with Crippen LogP contribution in [0.15, 0.2) is 4.99 Å². The first-order chi connectivity index (χ1) is 12.6. The molecule has 0 amide bonds. The van der Waals surface area contributed by atoms with E-state index in [-0.39, 0.29) is 5.54 Å². The number of hydrogen-bond acceptors (Lipinski definition) is 4. The molecule has 2 fully saturated rings. The van der Waals surface area contributed by atoms with Gasteiger partial charge in [0.05, 0.1) is 12.7 Å². The first-order valence-electron chi connectivity index (χ1n) is 10.4. The smallest absolute Gasteiger partial charge is 0.191 e. The summed E-state index contributed by atoms with van der Waals surface area (Å²) in [6.45, 7) is 6.58. The van der Waals surface area contributed by atoms with Crippen LogP contribution in [0.5, 0.6) is 0 Å². The van der Waals surface area contributed by atoms with Gasteiger partial charge in [0.2, 0.25) is 0 Å². The Kier molecular flexibility index (Phi) is 9.16. The molecule has 6 heteroatoms. The van der Waals surface area contributed by atoms with Crippen LogP contribution in [0.4, 0.5) is 0 Å². The number of likely N-dealkylation sites (N-methyl/N-ethyl adjacent to an activating group) is 1. The van der Waals surface area contributed by atoms with E-state index in [1.807, 2.05) is 7.05 Å². The predicted octanol–water partition coefficient (Wildman–Crippen LogP) is 2.25. The zero-order chi connectivity index (χ0) is 18.8. The lowest BCUT2D eigenvalue weighted by atomic mass is 9.75. The summed E-state index contributed by atoms with van der Waals surface area (Å²) in [5, 5.41) is 6.97. The molecule has 152 valence electrons. The van der Waals surface area contributed by atoms with Crippen molar-refractivity contribution < 1.29 is 9.47 Å². The Hall–Kier alpha value is -0.850. The van der Waals surface area contributed by atoms with Crippen molar-refractivity contribution in [2.45, 2.75) is 63.5 Å². The van der Waals surface area contributed by atoms with Gasteiger partial charge in [-0.05, 0) is 52.1 Å². The fraction of sp³-hybridized carbons (Fsp3) is 0.950. The molecule has 2 N–H and O–H groups in total. The zero-order valence-corrected chi connectivity index (χ0v) is 17.4. The van der Waals surface area contributed by atoms with Crippen LogP contribution >= 0.6 is 0 Å². The van der Waals surface area contributed by atoms with Gasteiger partial charge in [0, 0.05) is 38.9 Å². The number of ether oxygens (including phenoxy) is 2. The van der Waals surface area contributed by atoms with Gasteiger partial charge in [-0.2, -0.15) is 0 Å². The highest BCUT2D eigenvalue weighted by Crippen LogP contribution is 2.35. The molecule has 1 saturated carbocycles. The Bertz CT molecular complexity index is 424. The lowest BCUT2D eigenvalue weighted by Gasteiger charge is -2.45. The summed E-state index contributed by atoms with van der Waals surface area (Å²) >= 11 is 0. The van der Waals surface area contributed by atoms with Crippen molar-refractivity contribution in [2.75, 3.05) is 54.1 Å². The zero-order valence-electron chi connectivity index (χ0n) is 17.4. The molecule has 0 aromatic rings. The summed E-state index contributed by atoms with van der Waals surface area (Å²) in [5.74, 6) is 1.69. The van der Waals surface area contributed by atoms with Crippen LogP contribution in [0.3, 0.4) is 0 Å². The average molecular weight is 369 g/mol. The summed E-state index contributed by atoms with van der Waals surface area (Å²) in [7, 11) is 6.26. The van der Waals surface area contributed by atoms with Gasteiger partial charge in [0.15, 0.2) is 5.96 Å². The maximum Gasteiger partial charge on any atom is 0.191 e. The van der Waals surface area contributed by atoms with Gasteiger partial charge in [0.1, 0.15) is 0 Å². The van der Waals surface area contributed by atoms with Gasteiger partial charge < -0.3 is 25.0 Å². The van der Waals surface area contributed by atoms with E-state index in [1.165, 1.54) is 32.1 Å². The molecule has 6 nitrogen and oxygen atoms in total. The maximum absolute atomic E-state index is 5.72. The summed E-state index contributed by atoms with van der Waals surface area (Å²) < 4.78 is 11.3. The van der Waals surface area contributed by atoms with Gasteiger partial charge >= 0.3 is 0 Å². The molecule has 0 spiro atoms. The van der Waals surface area contributed by atoms with Gasteiger partial charge in [0.25, 0.3) is 0 Å². The Labute approximate surface area is 160 Å². The second kappa shape index (κ2) is 11.1. The fourth-order valence-corrected chi connectivity index (χ4v) is 4.20. The van der Waals surface area contributed by atoms with Crippen LogP contribution in [-0.4, -0.2) is 76.6 Å². The van der Waals surface area contributed by atoms with E-state index in [2.05, 4.69) is 41.5 Å². The first-order valence-corrected chi connectivity index (χ1v) is 10.4. The molecule has 1 aliphatic carbocycles. The van der Waals surface area contributed by atoms with Crippen LogP contribution in [0.2, 0.25) is 0 Å². The van der Waals surface area contributed by atoms with Crippen LogP contribution in [0.1, 0.15) is 51.9 Å². The third-order valence-corrected chi connectivity index (χ3v) is 5.91. The molecule has 1 aliphatic heterocycles. The highest BCUT2D eigenvalue weighted by molar-refractivity contribution is 5.79. The van der Waals surface area contributed by atoms with E-state index in [4.69, 9.17) is 9.47 Å². The number of nitrogens with one attached hydrogen (secondary N) is 2. The van der Waals surface area contributed by atoms with Crippen LogP contribution in [0.25, 0.3) is 0 Å². The van der Waals surface area contributed by atoms with E-state index >= 15 is 0 Å². The van der Waals surface area contributed by atoms with Crippen LogP contribution < -0.4 is 10.6 Å². The molecule has 0 radical (unpaired) electrons. The molecule has 26 heavy (non-hydrogen) atoms. The Balaban J connectivity index is 1.63. The van der Waals surface area contributed by atoms with Crippen molar-refractivity contribution in [1.29, 1.82) is 0 Å². The number of rotatable bonds is 9. The Morgan fingerprint density at radius 1 is 1.27 bits per heavy atom. The molecule has 2 aliphatic rings. The van der Waals surface area contributed by atoms with E-state index in [0.29, 0.717) is 6.10 Å². The highest BCUT2D eigenvalue weighted by Gasteiger charge is 2.36. The van der Waals surface area contributed by atoms with Gasteiger partial charge in [-0.1, -0.05) is 19.8 Å². The van der Waals surface area contributed by atoms with Crippen molar-refractivity contribution in [2.24, 2.45) is 10.9 Å². The third kappa shape index (κ3) is 6.71. The van der Waals surface area contributed by atoms with Crippen molar-refractivity contribution in [3.8, 4) is 0 Å². The minimum atomic E-state index is 0.236. The fourth-order valence-electron chi connectivity index (χ4n) is 4.20. The number of guanidine groups is 1. The minimum Gasteiger partial charge on any atom is -0.379 e. The highest BCUT2D eigenvalue weighted by atomic mass is 16.5. The molecule has 0 aromatic heterocycles. The molecule has 1 saturated heterocycles. The van der Waals surface area contributed by atoms with Crippen molar-refractivity contribution in [1.82, 2.24) is 15.5 Å². The normalized spacial score (nSPS) is 30.0. The monoisotopic (exact) mass is 368 g/mol. The van der Waals surface area contributed by atoms with E-state index in [0.717, 1.165) is 57.6 Å². The standard InChI is InChI=1S/C20H40N4O2/c1-17-8-5-10-20(14-17,24(3)4)16-23-19(21-2)22-11-7-12-25-15-18-9-6-13-26-18/h17-18H,5-16H2,1-4H3,(H2,21,22,23). The van der Waals surface area contributed by atoms with Crippen LogP contribution in [-0.2, 0) is 9.47 Å². The van der Waals surface area contributed by atoms with E-state index in [9.17, 15) is 0 Å². The summed E-state index contributed by atoms with van der Waals surface area (Å²) in [5.41, 5.74) is 0.236. The van der Waals surface area contributed by atoms with E-state index < -0.39 is 0 Å². The third-order valence-electron chi connectivity index (χ3n) is 5.91. The topological polar surface area (TPSA) is 58.1 Å². The molecular formula is C20H40N4O2. The Morgan fingerprint density at radius 2 is 2.12 bits per heavy atom. The molecule has 3 atom stereocenters. The SMILES string of the molecule is CN=C(NCCCOCC1CCCO1)NCC1(N(C)C)CCCC(C)C1. The largest absolute Gasteiger partial charge is 0.379 e. The first kappa shape index (κ1) is 21.5. The summed E-state index contributed by atoms with van der Waals surface area (Å²) in [6.07, 6.45) is 8.78. The molecule has 3 unspecified atom stereocenters.